The topological polar surface area (TPSA) is 33.4 Å². The molecule has 2 rings (SSSR count). The largest absolute Gasteiger partial charge is 0.507 e. The second-order valence-electron chi connectivity index (χ2n) is 2.80. The highest BCUT2D eigenvalue weighted by Gasteiger charge is 2.04. The Morgan fingerprint density at radius 2 is 2.00 bits per heavy atom. The van der Waals surface area contributed by atoms with Crippen molar-refractivity contribution in [2.45, 2.75) is 13.3 Å². The maximum absolute atomic E-state index is 9.42. The molecule has 0 saturated heterocycles. The van der Waals surface area contributed by atoms with Crippen molar-refractivity contribution in [2.75, 3.05) is 0 Å². The molecule has 0 aliphatic carbocycles. The first kappa shape index (κ1) is 7.22. The first-order valence-corrected chi connectivity index (χ1v) is 3.99. The van der Waals surface area contributed by atoms with Crippen LogP contribution in [0, 0.1) is 0 Å². The average molecular weight is 162 g/mol. The highest BCUT2D eigenvalue weighted by molar-refractivity contribution is 5.89. The van der Waals surface area contributed by atoms with Crippen molar-refractivity contribution in [1.82, 2.24) is 0 Å². The van der Waals surface area contributed by atoms with Gasteiger partial charge >= 0.3 is 0 Å². The Morgan fingerprint density at radius 1 is 1.25 bits per heavy atom. The predicted octanol–water partition coefficient (Wildman–Crippen LogP) is 2.70. The van der Waals surface area contributed by atoms with E-state index in [1.807, 2.05) is 6.07 Å². The summed E-state index contributed by atoms with van der Waals surface area (Å²) in [4.78, 5) is 0. The molecule has 0 fully saturated rings. The van der Waals surface area contributed by atoms with Gasteiger partial charge in [-0.05, 0) is 18.1 Å². The van der Waals surface area contributed by atoms with E-state index in [4.69, 9.17) is 4.42 Å². The lowest BCUT2D eigenvalue weighted by Gasteiger charge is -1.99. The van der Waals surface area contributed by atoms with E-state index < -0.39 is 0 Å². The van der Waals surface area contributed by atoms with Gasteiger partial charge in [-0.2, -0.15) is 0 Å². The highest BCUT2D eigenvalue weighted by Crippen LogP contribution is 2.28. The summed E-state index contributed by atoms with van der Waals surface area (Å²) in [5, 5.41) is 11.2. The van der Waals surface area contributed by atoms with E-state index in [0.717, 1.165) is 17.2 Å². The van der Waals surface area contributed by atoms with Gasteiger partial charge in [0.05, 0.1) is 11.6 Å². The van der Waals surface area contributed by atoms with Crippen LogP contribution in [-0.4, -0.2) is 5.11 Å². The summed E-state index contributed by atoms with van der Waals surface area (Å²) in [5.41, 5.74) is 1.21. The van der Waals surface area contributed by atoms with E-state index >= 15 is 0 Å². The SMILES string of the molecule is CCc1ccc(O)c2cocc12. The molecule has 1 aromatic heterocycles. The molecule has 0 aliphatic heterocycles. The maximum atomic E-state index is 9.42. The van der Waals surface area contributed by atoms with E-state index in [2.05, 4.69) is 6.92 Å². The molecule has 62 valence electrons. The average Bonchev–Trinajstić information content (AvgIpc) is 2.54. The Bertz CT molecular complexity index is 401. The molecule has 0 radical (unpaired) electrons. The summed E-state index contributed by atoms with van der Waals surface area (Å²) in [5.74, 6) is 0.288. The number of fused-ring (bicyclic) bond motifs is 1. The summed E-state index contributed by atoms with van der Waals surface area (Å²) in [6.07, 6.45) is 4.20. The lowest BCUT2D eigenvalue weighted by Crippen LogP contribution is -1.79. The number of furan rings is 1. The van der Waals surface area contributed by atoms with Crippen LogP contribution in [0.1, 0.15) is 12.5 Å². The van der Waals surface area contributed by atoms with Gasteiger partial charge in [-0.1, -0.05) is 13.0 Å². The summed E-state index contributed by atoms with van der Waals surface area (Å²) < 4.78 is 5.03. The van der Waals surface area contributed by atoms with Crippen molar-refractivity contribution in [3.8, 4) is 5.75 Å². The minimum atomic E-state index is 0.288. The van der Waals surface area contributed by atoms with Crippen LogP contribution in [-0.2, 0) is 6.42 Å². The van der Waals surface area contributed by atoms with E-state index in [1.165, 1.54) is 5.56 Å². The predicted molar refractivity (Wildman–Crippen MR) is 47.3 cm³/mol. The van der Waals surface area contributed by atoms with Gasteiger partial charge in [0.1, 0.15) is 12.0 Å². The quantitative estimate of drug-likeness (QED) is 0.699. The van der Waals surface area contributed by atoms with Crippen molar-refractivity contribution in [3.05, 3.63) is 30.2 Å². The van der Waals surface area contributed by atoms with Gasteiger partial charge in [0, 0.05) is 5.39 Å². The third-order valence-corrected chi connectivity index (χ3v) is 2.11. The van der Waals surface area contributed by atoms with Crippen LogP contribution in [0.25, 0.3) is 10.8 Å². The molecule has 1 N–H and O–H groups in total. The van der Waals surface area contributed by atoms with Crippen LogP contribution in [0.4, 0.5) is 0 Å². The van der Waals surface area contributed by atoms with Gasteiger partial charge in [-0.25, -0.2) is 0 Å². The molecule has 0 atom stereocenters. The molecule has 0 spiro atoms. The standard InChI is InChI=1S/C10H10O2/c1-2-7-3-4-10(11)9-6-12-5-8(7)9/h3-6,11H,2H2,1H3. The van der Waals surface area contributed by atoms with Gasteiger partial charge in [-0.3, -0.25) is 0 Å². The van der Waals surface area contributed by atoms with Crippen LogP contribution < -0.4 is 0 Å². The van der Waals surface area contributed by atoms with Crippen molar-refractivity contribution in [1.29, 1.82) is 0 Å². The summed E-state index contributed by atoms with van der Waals surface area (Å²) in [6, 6.07) is 3.63. The number of phenolic OH excluding ortho intramolecular Hbond substituents is 1. The Balaban J connectivity index is 2.82. The Labute approximate surface area is 70.4 Å². The maximum Gasteiger partial charge on any atom is 0.126 e. The van der Waals surface area contributed by atoms with Crippen LogP contribution in [0.2, 0.25) is 0 Å². The molecular formula is C10H10O2. The molecule has 2 heteroatoms. The van der Waals surface area contributed by atoms with E-state index in [0.29, 0.717) is 0 Å². The number of rotatable bonds is 1. The van der Waals surface area contributed by atoms with Crippen molar-refractivity contribution in [2.24, 2.45) is 0 Å². The summed E-state index contributed by atoms with van der Waals surface area (Å²) in [6.45, 7) is 2.08. The van der Waals surface area contributed by atoms with Crippen LogP contribution in [0.15, 0.2) is 29.1 Å². The molecule has 1 aromatic carbocycles. The minimum Gasteiger partial charge on any atom is -0.507 e. The monoisotopic (exact) mass is 162 g/mol. The van der Waals surface area contributed by atoms with Crippen molar-refractivity contribution in [3.63, 3.8) is 0 Å². The van der Waals surface area contributed by atoms with Crippen LogP contribution in [0.5, 0.6) is 5.75 Å². The first-order valence-electron chi connectivity index (χ1n) is 3.99. The molecule has 0 aliphatic rings. The molecule has 0 bridgehead atoms. The van der Waals surface area contributed by atoms with Crippen molar-refractivity contribution < 1.29 is 9.52 Å². The Kier molecular flexibility index (Phi) is 1.54. The van der Waals surface area contributed by atoms with Gasteiger partial charge in [-0.15, -0.1) is 0 Å². The number of benzene rings is 1. The molecule has 12 heavy (non-hydrogen) atoms. The van der Waals surface area contributed by atoms with Gasteiger partial charge in [0.2, 0.25) is 0 Å². The summed E-state index contributed by atoms with van der Waals surface area (Å²) >= 11 is 0. The van der Waals surface area contributed by atoms with Crippen LogP contribution >= 0.6 is 0 Å². The third kappa shape index (κ3) is 0.881. The Hall–Kier alpha value is -1.44. The fraction of sp³-hybridized carbons (Fsp3) is 0.200. The molecule has 0 saturated carbocycles. The van der Waals surface area contributed by atoms with Gasteiger partial charge in [0.25, 0.3) is 0 Å². The molecule has 1 heterocycles. The third-order valence-electron chi connectivity index (χ3n) is 2.11. The lowest BCUT2D eigenvalue weighted by molar-refractivity contribution is 0.480. The van der Waals surface area contributed by atoms with Gasteiger partial charge < -0.3 is 9.52 Å². The fourth-order valence-corrected chi connectivity index (χ4v) is 1.41. The zero-order valence-electron chi connectivity index (χ0n) is 6.87. The minimum absolute atomic E-state index is 0.288. The van der Waals surface area contributed by atoms with Crippen LogP contribution in [0.3, 0.4) is 0 Å². The van der Waals surface area contributed by atoms with E-state index in [-0.39, 0.29) is 5.75 Å². The number of aromatic hydroxyl groups is 1. The molecular weight excluding hydrogens is 152 g/mol. The molecule has 0 amide bonds. The van der Waals surface area contributed by atoms with E-state index in [9.17, 15) is 5.11 Å². The first-order chi connectivity index (χ1) is 5.83. The fourth-order valence-electron chi connectivity index (χ4n) is 1.41. The van der Waals surface area contributed by atoms with Crippen molar-refractivity contribution >= 4 is 10.8 Å². The smallest absolute Gasteiger partial charge is 0.126 e. The zero-order valence-corrected chi connectivity index (χ0v) is 6.87. The van der Waals surface area contributed by atoms with Gasteiger partial charge in [0.15, 0.2) is 0 Å². The Morgan fingerprint density at radius 3 is 2.75 bits per heavy atom. The number of hydrogen-bond donors (Lipinski definition) is 1. The zero-order chi connectivity index (χ0) is 8.55. The number of aryl methyl sites for hydroxylation is 1. The molecule has 2 nitrogen and oxygen atoms in total. The number of hydrogen-bond acceptors (Lipinski definition) is 2. The summed E-state index contributed by atoms with van der Waals surface area (Å²) in [7, 11) is 0. The highest BCUT2D eigenvalue weighted by atomic mass is 16.3. The number of phenols is 1. The lowest BCUT2D eigenvalue weighted by atomic mass is 10.1. The second kappa shape index (κ2) is 2.55. The molecule has 0 unspecified atom stereocenters. The molecule has 2 aromatic rings. The normalized spacial score (nSPS) is 10.8. The van der Waals surface area contributed by atoms with E-state index in [1.54, 1.807) is 18.6 Å². The second-order valence-corrected chi connectivity index (χ2v) is 2.80.